The van der Waals surface area contributed by atoms with Gasteiger partial charge >= 0.3 is 6.03 Å². The van der Waals surface area contributed by atoms with Gasteiger partial charge in [-0.15, -0.1) is 0 Å². The Kier molecular flexibility index (Phi) is 4.46. The average molecular weight is 342 g/mol. The summed E-state index contributed by atoms with van der Waals surface area (Å²) in [5.74, 6) is 0.0408. The number of hydrogen-bond acceptors (Lipinski definition) is 5. The van der Waals surface area contributed by atoms with Gasteiger partial charge in [-0.25, -0.2) is 14.5 Å². The quantitative estimate of drug-likeness (QED) is 0.623. The number of nitrogens with two attached hydrogens (primary N) is 1. The van der Waals surface area contributed by atoms with Crippen LogP contribution in [0, 0.1) is 6.92 Å². The van der Waals surface area contributed by atoms with Crippen molar-refractivity contribution in [2.45, 2.75) is 32.2 Å². The number of amides is 4. The summed E-state index contributed by atoms with van der Waals surface area (Å²) in [5, 5.41) is 9.10. The molecule has 9 nitrogen and oxygen atoms in total. The maximum absolute atomic E-state index is 11.7. The SMILES string of the molecule is Cc1cccc(-n2nc(CC(N)=O)nc2CC[C@@H]2NC(=O)NC2=O)c1. The topological polar surface area (TPSA) is 132 Å². The van der Waals surface area contributed by atoms with Crippen LogP contribution in [0.3, 0.4) is 0 Å². The van der Waals surface area contributed by atoms with Gasteiger partial charge in [-0.2, -0.15) is 5.10 Å². The van der Waals surface area contributed by atoms with Crippen molar-refractivity contribution in [1.82, 2.24) is 25.4 Å². The molecule has 0 saturated carbocycles. The molecule has 4 amide bonds. The predicted molar refractivity (Wildman–Crippen MR) is 87.8 cm³/mol. The van der Waals surface area contributed by atoms with E-state index in [1.54, 1.807) is 4.68 Å². The summed E-state index contributed by atoms with van der Waals surface area (Å²) in [6, 6.07) is 6.58. The number of benzene rings is 1. The minimum atomic E-state index is -0.602. The van der Waals surface area contributed by atoms with Crippen LogP contribution < -0.4 is 16.4 Å². The van der Waals surface area contributed by atoms with Crippen molar-refractivity contribution >= 4 is 17.8 Å². The van der Waals surface area contributed by atoms with Crippen LogP contribution in [0.1, 0.15) is 23.6 Å². The molecule has 3 rings (SSSR count). The second kappa shape index (κ2) is 6.71. The Morgan fingerprint density at radius 3 is 2.80 bits per heavy atom. The molecule has 1 atom stereocenters. The number of aromatic nitrogens is 3. The maximum Gasteiger partial charge on any atom is 0.322 e. The van der Waals surface area contributed by atoms with Crippen LogP contribution in [-0.4, -0.2) is 38.7 Å². The summed E-state index contributed by atoms with van der Waals surface area (Å²) >= 11 is 0. The first kappa shape index (κ1) is 16.6. The summed E-state index contributed by atoms with van der Waals surface area (Å²) in [6.45, 7) is 1.96. The monoisotopic (exact) mass is 342 g/mol. The molecule has 1 fully saturated rings. The molecule has 1 aliphatic rings. The van der Waals surface area contributed by atoms with Gasteiger partial charge in [0.1, 0.15) is 11.9 Å². The lowest BCUT2D eigenvalue weighted by Crippen LogP contribution is -2.29. The summed E-state index contributed by atoms with van der Waals surface area (Å²) in [7, 11) is 0. The third-order valence-electron chi connectivity index (χ3n) is 3.81. The maximum atomic E-state index is 11.7. The van der Waals surface area contributed by atoms with E-state index < -0.39 is 18.0 Å². The first-order chi connectivity index (χ1) is 11.9. The van der Waals surface area contributed by atoms with E-state index in [1.807, 2.05) is 31.2 Å². The molecule has 1 aromatic carbocycles. The van der Waals surface area contributed by atoms with Crippen molar-refractivity contribution in [1.29, 1.82) is 0 Å². The molecular formula is C16H18N6O3. The molecule has 4 N–H and O–H groups in total. The molecule has 0 spiro atoms. The average Bonchev–Trinajstić information content (AvgIpc) is 3.07. The second-order valence-corrected chi connectivity index (χ2v) is 5.89. The zero-order chi connectivity index (χ0) is 18.0. The number of primary amides is 1. The van der Waals surface area contributed by atoms with E-state index in [0.29, 0.717) is 24.5 Å². The van der Waals surface area contributed by atoms with Crippen LogP contribution in [0.25, 0.3) is 5.69 Å². The van der Waals surface area contributed by atoms with Crippen molar-refractivity contribution in [3.8, 4) is 5.69 Å². The van der Waals surface area contributed by atoms with Gasteiger partial charge in [-0.05, 0) is 31.0 Å². The standard InChI is InChI=1S/C16H18N6O3/c1-9-3-2-4-10(7-9)22-14(19-13(21-22)8-12(17)23)6-5-11-15(24)20-16(25)18-11/h2-4,7,11H,5-6,8H2,1H3,(H2,17,23)(H2,18,20,24,25)/t11-/m0/s1. The molecule has 0 bridgehead atoms. The van der Waals surface area contributed by atoms with E-state index in [1.165, 1.54) is 0 Å². The number of hydrogen-bond donors (Lipinski definition) is 3. The highest BCUT2D eigenvalue weighted by atomic mass is 16.2. The molecule has 1 aliphatic heterocycles. The molecule has 0 radical (unpaired) electrons. The molecule has 9 heteroatoms. The minimum absolute atomic E-state index is 0.0630. The van der Waals surface area contributed by atoms with Gasteiger partial charge in [0.05, 0.1) is 12.1 Å². The summed E-state index contributed by atoms with van der Waals surface area (Å²) in [6.07, 6.45) is 0.711. The third-order valence-corrected chi connectivity index (χ3v) is 3.81. The van der Waals surface area contributed by atoms with Crippen LogP contribution in [0.4, 0.5) is 4.79 Å². The van der Waals surface area contributed by atoms with E-state index in [4.69, 9.17) is 5.73 Å². The summed E-state index contributed by atoms with van der Waals surface area (Å²) in [4.78, 5) is 38.4. The van der Waals surface area contributed by atoms with Gasteiger partial charge in [0, 0.05) is 6.42 Å². The van der Waals surface area contributed by atoms with Crippen LogP contribution in [-0.2, 0) is 22.4 Å². The van der Waals surface area contributed by atoms with Gasteiger partial charge in [0.2, 0.25) is 5.91 Å². The number of aryl methyl sites for hydroxylation is 2. The van der Waals surface area contributed by atoms with Crippen LogP contribution in [0.2, 0.25) is 0 Å². The summed E-state index contributed by atoms with van der Waals surface area (Å²) < 4.78 is 1.64. The van der Waals surface area contributed by atoms with Gasteiger partial charge in [-0.3, -0.25) is 14.9 Å². The predicted octanol–water partition coefficient (Wildman–Crippen LogP) is -0.256. The first-order valence-corrected chi connectivity index (χ1v) is 7.84. The number of imide groups is 1. The molecule has 0 aliphatic carbocycles. The molecule has 1 aromatic heterocycles. The third kappa shape index (κ3) is 3.82. The number of carbonyl (C=O) groups excluding carboxylic acids is 3. The molecule has 130 valence electrons. The van der Waals surface area contributed by atoms with E-state index in [-0.39, 0.29) is 12.3 Å². The Morgan fingerprint density at radius 1 is 1.36 bits per heavy atom. The van der Waals surface area contributed by atoms with Crippen molar-refractivity contribution in [3.63, 3.8) is 0 Å². The zero-order valence-electron chi connectivity index (χ0n) is 13.7. The molecule has 2 heterocycles. The lowest BCUT2D eigenvalue weighted by atomic mass is 10.1. The summed E-state index contributed by atoms with van der Waals surface area (Å²) in [5.41, 5.74) is 7.08. The van der Waals surface area contributed by atoms with Crippen molar-refractivity contribution in [3.05, 3.63) is 41.5 Å². The Labute approximate surface area is 143 Å². The highest BCUT2D eigenvalue weighted by molar-refractivity contribution is 6.04. The zero-order valence-corrected chi connectivity index (χ0v) is 13.7. The number of nitrogens with zero attached hydrogens (tertiary/aromatic N) is 3. The Balaban J connectivity index is 1.85. The Bertz CT molecular complexity index is 844. The number of nitrogens with one attached hydrogen (secondary N) is 2. The van der Waals surface area contributed by atoms with Crippen molar-refractivity contribution in [2.75, 3.05) is 0 Å². The fourth-order valence-corrected chi connectivity index (χ4v) is 2.69. The lowest BCUT2D eigenvalue weighted by Gasteiger charge is -2.09. The molecular weight excluding hydrogens is 324 g/mol. The van der Waals surface area contributed by atoms with Crippen molar-refractivity contribution < 1.29 is 14.4 Å². The lowest BCUT2D eigenvalue weighted by molar-refractivity contribution is -0.120. The second-order valence-electron chi connectivity index (χ2n) is 5.89. The van der Waals surface area contributed by atoms with Crippen LogP contribution in [0.15, 0.2) is 24.3 Å². The van der Waals surface area contributed by atoms with Gasteiger partial charge in [-0.1, -0.05) is 12.1 Å². The number of rotatable bonds is 6. The van der Waals surface area contributed by atoms with Gasteiger partial charge in [0.25, 0.3) is 5.91 Å². The fraction of sp³-hybridized carbons (Fsp3) is 0.312. The molecule has 2 aromatic rings. The normalized spacial score (nSPS) is 16.6. The highest BCUT2D eigenvalue weighted by Gasteiger charge is 2.29. The Morgan fingerprint density at radius 2 is 2.16 bits per heavy atom. The minimum Gasteiger partial charge on any atom is -0.369 e. The molecule has 0 unspecified atom stereocenters. The van der Waals surface area contributed by atoms with Crippen LogP contribution >= 0.6 is 0 Å². The highest BCUT2D eigenvalue weighted by Crippen LogP contribution is 2.15. The van der Waals surface area contributed by atoms with E-state index in [2.05, 4.69) is 20.7 Å². The fourth-order valence-electron chi connectivity index (χ4n) is 2.69. The van der Waals surface area contributed by atoms with Gasteiger partial charge in [0.15, 0.2) is 5.82 Å². The largest absolute Gasteiger partial charge is 0.369 e. The number of urea groups is 1. The molecule has 1 saturated heterocycles. The van der Waals surface area contributed by atoms with Gasteiger partial charge < -0.3 is 11.1 Å². The van der Waals surface area contributed by atoms with E-state index in [9.17, 15) is 14.4 Å². The first-order valence-electron chi connectivity index (χ1n) is 7.84. The Hall–Kier alpha value is -3.23. The number of carbonyl (C=O) groups is 3. The molecule has 25 heavy (non-hydrogen) atoms. The smallest absolute Gasteiger partial charge is 0.322 e. The van der Waals surface area contributed by atoms with Crippen molar-refractivity contribution in [2.24, 2.45) is 5.73 Å². The van der Waals surface area contributed by atoms with E-state index in [0.717, 1.165) is 11.3 Å². The van der Waals surface area contributed by atoms with E-state index >= 15 is 0 Å². The van der Waals surface area contributed by atoms with Crippen LogP contribution in [0.5, 0.6) is 0 Å².